The molecule has 2 fully saturated rings. The molecule has 0 aromatic heterocycles. The first-order valence-electron chi connectivity index (χ1n) is 8.57. The van der Waals surface area contributed by atoms with Gasteiger partial charge in [0.15, 0.2) is 0 Å². The molecule has 1 aromatic carbocycles. The maximum absolute atomic E-state index is 12.4. The standard InChI is InChI=1S/C18H25N3O2S/c1-13(15-5-3-2-4-6-15)20-17(22)10-14-9-16(19-11-14)18(23)21-7-8-24-12-21/h2-6,13-14,16,19H,7-12H2,1H3,(H,20,22)/t13?,14?,16-/m0/s1. The van der Waals surface area contributed by atoms with Gasteiger partial charge in [0, 0.05) is 18.7 Å². The monoisotopic (exact) mass is 347 g/mol. The molecule has 2 unspecified atom stereocenters. The van der Waals surface area contributed by atoms with Crippen LogP contribution in [0.2, 0.25) is 0 Å². The fourth-order valence-electron chi connectivity index (χ4n) is 3.35. The summed E-state index contributed by atoms with van der Waals surface area (Å²) in [6.45, 7) is 3.59. The molecule has 3 rings (SSSR count). The highest BCUT2D eigenvalue weighted by Gasteiger charge is 2.34. The van der Waals surface area contributed by atoms with Crippen LogP contribution in [0.1, 0.15) is 31.4 Å². The lowest BCUT2D eigenvalue weighted by molar-refractivity contribution is -0.131. The minimum Gasteiger partial charge on any atom is -0.350 e. The van der Waals surface area contributed by atoms with E-state index < -0.39 is 0 Å². The van der Waals surface area contributed by atoms with Crippen molar-refractivity contribution in [3.05, 3.63) is 35.9 Å². The Morgan fingerprint density at radius 1 is 1.38 bits per heavy atom. The largest absolute Gasteiger partial charge is 0.350 e. The van der Waals surface area contributed by atoms with Gasteiger partial charge in [-0.15, -0.1) is 11.8 Å². The molecule has 2 heterocycles. The summed E-state index contributed by atoms with van der Waals surface area (Å²) in [6, 6.07) is 9.85. The zero-order valence-electron chi connectivity index (χ0n) is 14.0. The number of hydrogen-bond donors (Lipinski definition) is 2. The second kappa shape index (κ2) is 8.03. The van der Waals surface area contributed by atoms with Gasteiger partial charge in [-0.1, -0.05) is 30.3 Å². The molecule has 2 amide bonds. The van der Waals surface area contributed by atoms with Crippen molar-refractivity contribution in [2.45, 2.75) is 31.8 Å². The average molecular weight is 347 g/mol. The number of rotatable bonds is 5. The molecule has 0 bridgehead atoms. The van der Waals surface area contributed by atoms with Gasteiger partial charge < -0.3 is 15.5 Å². The van der Waals surface area contributed by atoms with Gasteiger partial charge in [0.25, 0.3) is 0 Å². The molecule has 2 aliphatic heterocycles. The predicted molar refractivity (Wildman–Crippen MR) is 96.6 cm³/mol. The topological polar surface area (TPSA) is 61.4 Å². The first-order valence-corrected chi connectivity index (χ1v) is 9.73. The van der Waals surface area contributed by atoms with Crippen molar-refractivity contribution in [2.75, 3.05) is 24.7 Å². The molecular weight excluding hydrogens is 322 g/mol. The highest BCUT2D eigenvalue weighted by atomic mass is 32.2. The third-order valence-corrected chi connectivity index (χ3v) is 5.70. The van der Waals surface area contributed by atoms with E-state index in [1.807, 2.05) is 42.2 Å². The molecule has 6 heteroatoms. The molecule has 0 spiro atoms. The summed E-state index contributed by atoms with van der Waals surface area (Å²) >= 11 is 1.80. The average Bonchev–Trinajstić information content (AvgIpc) is 3.26. The maximum Gasteiger partial charge on any atom is 0.240 e. The number of nitrogens with zero attached hydrogens (tertiary/aromatic N) is 1. The van der Waals surface area contributed by atoms with Gasteiger partial charge in [0.05, 0.1) is 18.0 Å². The molecular formula is C18H25N3O2S. The molecule has 1 aromatic rings. The van der Waals surface area contributed by atoms with Crippen molar-refractivity contribution < 1.29 is 9.59 Å². The van der Waals surface area contributed by atoms with Crippen molar-refractivity contribution >= 4 is 23.6 Å². The SMILES string of the molecule is CC(NC(=O)CC1CN[C@H](C(=O)N2CCSC2)C1)c1ccccc1. The molecule has 3 atom stereocenters. The number of thioether (sulfide) groups is 1. The molecule has 0 aliphatic carbocycles. The zero-order valence-corrected chi connectivity index (χ0v) is 14.8. The lowest BCUT2D eigenvalue weighted by Crippen LogP contribution is -2.42. The maximum atomic E-state index is 12.4. The molecule has 2 saturated heterocycles. The van der Waals surface area contributed by atoms with Crippen LogP contribution in [0.4, 0.5) is 0 Å². The summed E-state index contributed by atoms with van der Waals surface area (Å²) in [4.78, 5) is 26.6. The molecule has 2 aliphatic rings. The van der Waals surface area contributed by atoms with Crippen LogP contribution >= 0.6 is 11.8 Å². The molecule has 24 heavy (non-hydrogen) atoms. The number of carbonyl (C=O) groups excluding carboxylic acids is 2. The lowest BCUT2D eigenvalue weighted by atomic mass is 10.00. The number of nitrogens with one attached hydrogen (secondary N) is 2. The fraction of sp³-hybridized carbons (Fsp3) is 0.556. The highest BCUT2D eigenvalue weighted by Crippen LogP contribution is 2.22. The number of benzene rings is 1. The minimum absolute atomic E-state index is 0.00659. The van der Waals surface area contributed by atoms with Crippen LogP contribution in [-0.2, 0) is 9.59 Å². The molecule has 130 valence electrons. The van der Waals surface area contributed by atoms with Gasteiger partial charge >= 0.3 is 0 Å². The van der Waals surface area contributed by atoms with Crippen molar-refractivity contribution in [3.63, 3.8) is 0 Å². The lowest BCUT2D eigenvalue weighted by Gasteiger charge is -2.19. The molecule has 0 radical (unpaired) electrons. The van der Waals surface area contributed by atoms with E-state index in [2.05, 4.69) is 10.6 Å². The first-order chi connectivity index (χ1) is 11.6. The molecule has 5 nitrogen and oxygen atoms in total. The molecule has 0 saturated carbocycles. The highest BCUT2D eigenvalue weighted by molar-refractivity contribution is 7.99. The van der Waals surface area contributed by atoms with Crippen molar-refractivity contribution in [3.8, 4) is 0 Å². The van der Waals surface area contributed by atoms with Crippen LogP contribution in [0.15, 0.2) is 30.3 Å². The Labute approximate surface area is 147 Å². The Morgan fingerprint density at radius 2 is 2.17 bits per heavy atom. The Bertz CT molecular complexity index is 575. The Morgan fingerprint density at radius 3 is 2.88 bits per heavy atom. The smallest absolute Gasteiger partial charge is 0.240 e. The Balaban J connectivity index is 1.45. The van der Waals surface area contributed by atoms with Crippen LogP contribution < -0.4 is 10.6 Å². The third-order valence-electron chi connectivity index (χ3n) is 4.74. The van der Waals surface area contributed by atoms with Gasteiger partial charge in [-0.2, -0.15) is 0 Å². The van der Waals surface area contributed by atoms with Crippen molar-refractivity contribution in [1.29, 1.82) is 0 Å². The summed E-state index contributed by atoms with van der Waals surface area (Å²) in [7, 11) is 0. The van der Waals surface area contributed by atoms with E-state index in [4.69, 9.17) is 0 Å². The number of carbonyl (C=O) groups is 2. The third kappa shape index (κ3) is 4.30. The minimum atomic E-state index is -0.118. The van der Waals surface area contributed by atoms with Gasteiger partial charge in [-0.25, -0.2) is 0 Å². The normalized spacial score (nSPS) is 24.8. The van der Waals surface area contributed by atoms with Crippen LogP contribution in [0.25, 0.3) is 0 Å². The van der Waals surface area contributed by atoms with Crippen molar-refractivity contribution in [2.24, 2.45) is 5.92 Å². The van der Waals surface area contributed by atoms with E-state index in [0.717, 1.165) is 36.7 Å². The van der Waals surface area contributed by atoms with Crippen LogP contribution in [0, 0.1) is 5.92 Å². The van der Waals surface area contributed by atoms with E-state index in [1.165, 1.54) is 0 Å². The summed E-state index contributed by atoms with van der Waals surface area (Å²) in [5.74, 6) is 2.32. The van der Waals surface area contributed by atoms with E-state index in [1.54, 1.807) is 11.8 Å². The predicted octanol–water partition coefficient (Wildman–Crippen LogP) is 1.76. The summed E-state index contributed by atoms with van der Waals surface area (Å²) in [5.41, 5.74) is 1.11. The Hall–Kier alpha value is -1.53. The van der Waals surface area contributed by atoms with Gasteiger partial charge in [-0.3, -0.25) is 9.59 Å². The second-order valence-corrected chi connectivity index (χ2v) is 7.68. The second-order valence-electron chi connectivity index (χ2n) is 6.61. The van der Waals surface area contributed by atoms with Crippen molar-refractivity contribution in [1.82, 2.24) is 15.5 Å². The summed E-state index contributed by atoms with van der Waals surface area (Å²) in [5, 5.41) is 6.35. The quantitative estimate of drug-likeness (QED) is 0.852. The van der Waals surface area contributed by atoms with E-state index in [9.17, 15) is 9.59 Å². The summed E-state index contributed by atoms with van der Waals surface area (Å²) in [6.07, 6.45) is 1.23. The fourth-order valence-corrected chi connectivity index (χ4v) is 4.30. The van der Waals surface area contributed by atoms with E-state index in [-0.39, 0.29) is 29.8 Å². The van der Waals surface area contributed by atoms with Crippen LogP contribution in [0.3, 0.4) is 0 Å². The number of hydrogen-bond acceptors (Lipinski definition) is 4. The first kappa shape index (κ1) is 17.3. The van der Waals surface area contributed by atoms with Gasteiger partial charge in [0.2, 0.25) is 11.8 Å². The number of amides is 2. The van der Waals surface area contributed by atoms with E-state index >= 15 is 0 Å². The van der Waals surface area contributed by atoms with Crippen LogP contribution in [-0.4, -0.2) is 47.5 Å². The Kier molecular flexibility index (Phi) is 5.79. The molecule has 2 N–H and O–H groups in total. The summed E-state index contributed by atoms with van der Waals surface area (Å²) < 4.78 is 0. The van der Waals surface area contributed by atoms with E-state index in [0.29, 0.717) is 6.42 Å². The van der Waals surface area contributed by atoms with Gasteiger partial charge in [-0.05, 0) is 31.4 Å². The van der Waals surface area contributed by atoms with Gasteiger partial charge in [0.1, 0.15) is 0 Å². The zero-order chi connectivity index (χ0) is 16.9. The van der Waals surface area contributed by atoms with Crippen LogP contribution in [0.5, 0.6) is 0 Å².